The van der Waals surface area contributed by atoms with Gasteiger partial charge in [0.25, 0.3) is 0 Å². The van der Waals surface area contributed by atoms with Crippen LogP contribution in [-0.2, 0) is 4.79 Å². The molecule has 1 atom stereocenters. The fourth-order valence-electron chi connectivity index (χ4n) is 2.26. The van der Waals surface area contributed by atoms with Gasteiger partial charge in [0.15, 0.2) is 0 Å². The third kappa shape index (κ3) is 2.21. The van der Waals surface area contributed by atoms with E-state index in [2.05, 4.69) is 10.6 Å². The van der Waals surface area contributed by atoms with Gasteiger partial charge in [0.1, 0.15) is 5.70 Å². The number of carbonyl (C=O) groups is 2. The molecule has 0 aliphatic carbocycles. The molecule has 3 N–H and O–H groups in total. The summed E-state index contributed by atoms with van der Waals surface area (Å²) in [6.45, 7) is 0. The first-order valence-corrected chi connectivity index (χ1v) is 6.15. The Bertz CT molecular complexity index is 737. The molecule has 2 aromatic rings. The fraction of sp³-hybridized carbons (Fsp3) is 0.0667. The van der Waals surface area contributed by atoms with E-state index in [0.717, 1.165) is 16.3 Å². The lowest BCUT2D eigenvalue weighted by Gasteiger charge is -2.22. The van der Waals surface area contributed by atoms with E-state index in [1.807, 2.05) is 42.5 Å². The minimum Gasteiger partial charge on any atom is -0.477 e. The summed E-state index contributed by atoms with van der Waals surface area (Å²) in [7, 11) is 0. The molecule has 0 spiro atoms. The van der Waals surface area contributed by atoms with Crippen molar-refractivity contribution in [2.45, 2.75) is 6.04 Å². The van der Waals surface area contributed by atoms with Crippen molar-refractivity contribution in [2.24, 2.45) is 0 Å². The fourth-order valence-corrected chi connectivity index (χ4v) is 2.26. The van der Waals surface area contributed by atoms with Crippen molar-refractivity contribution in [3.05, 3.63) is 59.8 Å². The number of carboxylic acid groups (broad SMARTS) is 1. The van der Waals surface area contributed by atoms with Gasteiger partial charge in [-0.3, -0.25) is 0 Å². The van der Waals surface area contributed by atoms with E-state index < -0.39 is 18.0 Å². The normalized spacial score (nSPS) is 18.1. The van der Waals surface area contributed by atoms with Crippen molar-refractivity contribution >= 4 is 22.8 Å². The number of rotatable bonds is 2. The first-order valence-electron chi connectivity index (χ1n) is 6.15. The number of amides is 2. The van der Waals surface area contributed by atoms with Gasteiger partial charge < -0.3 is 15.7 Å². The van der Waals surface area contributed by atoms with E-state index in [1.54, 1.807) is 0 Å². The molecule has 100 valence electrons. The first kappa shape index (κ1) is 12.2. The lowest BCUT2D eigenvalue weighted by Crippen LogP contribution is -2.43. The van der Waals surface area contributed by atoms with Gasteiger partial charge in [-0.05, 0) is 28.5 Å². The van der Waals surface area contributed by atoms with Crippen LogP contribution >= 0.6 is 0 Å². The van der Waals surface area contributed by atoms with Crippen LogP contribution in [0.2, 0.25) is 0 Å². The van der Waals surface area contributed by atoms with Crippen LogP contribution in [0, 0.1) is 0 Å². The molecule has 3 rings (SSSR count). The summed E-state index contributed by atoms with van der Waals surface area (Å²) in [5.74, 6) is -1.15. The largest absolute Gasteiger partial charge is 0.477 e. The summed E-state index contributed by atoms with van der Waals surface area (Å²) in [6.07, 6.45) is 1.49. The molecule has 5 nitrogen and oxygen atoms in total. The van der Waals surface area contributed by atoms with Crippen molar-refractivity contribution in [3.8, 4) is 0 Å². The van der Waals surface area contributed by atoms with Crippen molar-refractivity contribution in [3.63, 3.8) is 0 Å². The maximum Gasteiger partial charge on any atom is 0.352 e. The van der Waals surface area contributed by atoms with Crippen LogP contribution in [0.15, 0.2) is 54.2 Å². The second-order valence-electron chi connectivity index (χ2n) is 4.57. The summed E-state index contributed by atoms with van der Waals surface area (Å²) < 4.78 is 0. The number of hydrogen-bond acceptors (Lipinski definition) is 2. The highest BCUT2D eigenvalue weighted by Gasteiger charge is 2.23. The Hall–Kier alpha value is -2.82. The number of aliphatic carboxylic acids is 1. The summed E-state index contributed by atoms with van der Waals surface area (Å²) in [5.41, 5.74) is 0.740. The van der Waals surface area contributed by atoms with E-state index in [-0.39, 0.29) is 5.70 Å². The average molecular weight is 268 g/mol. The summed E-state index contributed by atoms with van der Waals surface area (Å²) in [5, 5.41) is 16.1. The van der Waals surface area contributed by atoms with Crippen LogP contribution in [0.5, 0.6) is 0 Å². The van der Waals surface area contributed by atoms with Crippen molar-refractivity contribution < 1.29 is 14.7 Å². The van der Waals surface area contributed by atoms with E-state index in [0.29, 0.717) is 0 Å². The van der Waals surface area contributed by atoms with E-state index in [9.17, 15) is 9.59 Å². The van der Waals surface area contributed by atoms with Crippen LogP contribution in [-0.4, -0.2) is 17.1 Å². The molecule has 1 heterocycles. The molecule has 2 aromatic carbocycles. The molecule has 0 saturated heterocycles. The Morgan fingerprint density at radius 1 is 1.10 bits per heavy atom. The molecule has 2 amide bonds. The monoisotopic (exact) mass is 268 g/mol. The highest BCUT2D eigenvalue weighted by atomic mass is 16.4. The molecule has 0 aromatic heterocycles. The predicted octanol–water partition coefficient (Wildman–Crippen LogP) is 2.16. The molecule has 5 heteroatoms. The molecular weight excluding hydrogens is 256 g/mol. The van der Waals surface area contributed by atoms with Crippen molar-refractivity contribution in [2.75, 3.05) is 0 Å². The van der Waals surface area contributed by atoms with Crippen LogP contribution in [0.1, 0.15) is 11.6 Å². The molecule has 0 saturated carbocycles. The predicted molar refractivity (Wildman–Crippen MR) is 74.1 cm³/mol. The van der Waals surface area contributed by atoms with Gasteiger partial charge in [0.05, 0.1) is 6.04 Å². The number of carboxylic acids is 1. The summed E-state index contributed by atoms with van der Waals surface area (Å²) in [4.78, 5) is 22.5. The number of nitrogens with one attached hydrogen (secondary N) is 2. The van der Waals surface area contributed by atoms with Crippen molar-refractivity contribution in [1.29, 1.82) is 0 Å². The number of urea groups is 1. The highest BCUT2D eigenvalue weighted by molar-refractivity contribution is 5.94. The standard InChI is InChI=1S/C15H12N2O3/c18-14(19)13-8-12(16-15(20)17-13)11-6-5-9-3-1-2-4-10(9)7-11/h1-8,12H,(H,18,19)(H2,16,17,20). The van der Waals surface area contributed by atoms with Gasteiger partial charge in [0.2, 0.25) is 0 Å². The highest BCUT2D eigenvalue weighted by Crippen LogP contribution is 2.23. The second kappa shape index (κ2) is 4.70. The number of carbonyl (C=O) groups excluding carboxylic acids is 1. The van der Waals surface area contributed by atoms with Crippen LogP contribution < -0.4 is 10.6 Å². The summed E-state index contributed by atoms with van der Waals surface area (Å²) >= 11 is 0. The maximum atomic E-state index is 11.5. The average Bonchev–Trinajstić information content (AvgIpc) is 2.46. The Morgan fingerprint density at radius 3 is 2.60 bits per heavy atom. The van der Waals surface area contributed by atoms with E-state index in [1.165, 1.54) is 6.08 Å². The Labute approximate surface area is 114 Å². The van der Waals surface area contributed by atoms with Gasteiger partial charge in [-0.15, -0.1) is 0 Å². The van der Waals surface area contributed by atoms with Gasteiger partial charge >= 0.3 is 12.0 Å². The first-order chi connectivity index (χ1) is 9.63. The minimum absolute atomic E-state index is 0.105. The third-order valence-corrected chi connectivity index (χ3v) is 3.23. The van der Waals surface area contributed by atoms with Gasteiger partial charge in [-0.2, -0.15) is 0 Å². The van der Waals surface area contributed by atoms with Gasteiger partial charge in [0, 0.05) is 0 Å². The molecule has 20 heavy (non-hydrogen) atoms. The Balaban J connectivity index is 2.03. The van der Waals surface area contributed by atoms with Crippen LogP contribution in [0.25, 0.3) is 10.8 Å². The Kier molecular flexibility index (Phi) is 2.87. The molecule has 1 aliphatic rings. The summed E-state index contributed by atoms with van der Waals surface area (Å²) in [6, 6.07) is 12.7. The molecule has 0 radical (unpaired) electrons. The second-order valence-corrected chi connectivity index (χ2v) is 4.57. The Morgan fingerprint density at radius 2 is 1.85 bits per heavy atom. The lowest BCUT2D eigenvalue weighted by atomic mass is 10.0. The number of hydrogen-bond donors (Lipinski definition) is 3. The van der Waals surface area contributed by atoms with Crippen molar-refractivity contribution in [1.82, 2.24) is 10.6 Å². The zero-order valence-corrected chi connectivity index (χ0v) is 10.5. The van der Waals surface area contributed by atoms with Gasteiger partial charge in [-0.25, -0.2) is 9.59 Å². The van der Waals surface area contributed by atoms with E-state index >= 15 is 0 Å². The minimum atomic E-state index is -1.15. The number of benzene rings is 2. The SMILES string of the molecule is O=C1NC(C(=O)O)=CC(c2ccc3ccccc3c2)N1. The molecular formula is C15H12N2O3. The molecule has 0 fully saturated rings. The lowest BCUT2D eigenvalue weighted by molar-refractivity contribution is -0.133. The number of fused-ring (bicyclic) bond motifs is 1. The molecule has 0 bridgehead atoms. The van der Waals surface area contributed by atoms with E-state index in [4.69, 9.17) is 5.11 Å². The topological polar surface area (TPSA) is 78.4 Å². The zero-order chi connectivity index (χ0) is 14.1. The zero-order valence-electron chi connectivity index (χ0n) is 10.5. The molecule has 1 unspecified atom stereocenters. The molecule has 1 aliphatic heterocycles. The smallest absolute Gasteiger partial charge is 0.352 e. The van der Waals surface area contributed by atoms with Gasteiger partial charge in [-0.1, -0.05) is 36.4 Å². The quantitative estimate of drug-likeness (QED) is 0.781. The van der Waals surface area contributed by atoms with Crippen LogP contribution in [0.4, 0.5) is 4.79 Å². The van der Waals surface area contributed by atoms with Crippen LogP contribution in [0.3, 0.4) is 0 Å². The third-order valence-electron chi connectivity index (χ3n) is 3.23. The maximum absolute atomic E-state index is 11.5.